The number of carboxylic acid groups (broad SMARTS) is 1. The molecule has 4 heterocycles. The predicted octanol–water partition coefficient (Wildman–Crippen LogP) is 0.458. The Morgan fingerprint density at radius 3 is 2.69 bits per heavy atom. The molecule has 1 aromatic heterocycles. The molecule has 170 valence electrons. The van der Waals surface area contributed by atoms with Crippen LogP contribution in [0.1, 0.15) is 36.3 Å². The monoisotopic (exact) mass is 442 g/mol. The van der Waals surface area contributed by atoms with E-state index in [1.807, 2.05) is 4.90 Å². The number of benzene rings is 1. The maximum atomic E-state index is 13.2. The van der Waals surface area contributed by atoms with E-state index >= 15 is 0 Å². The third-order valence-corrected chi connectivity index (χ3v) is 6.79. The van der Waals surface area contributed by atoms with Gasteiger partial charge < -0.3 is 25.0 Å². The molecule has 32 heavy (non-hydrogen) atoms. The first-order chi connectivity index (χ1) is 15.5. The Bertz CT molecular complexity index is 1070. The Morgan fingerprint density at radius 2 is 1.94 bits per heavy atom. The van der Waals surface area contributed by atoms with Crippen LogP contribution in [0, 0.1) is 11.8 Å². The molecule has 3 fully saturated rings. The number of carbonyl (C=O) groups excluding carboxylic acids is 2. The van der Waals surface area contributed by atoms with Crippen molar-refractivity contribution in [3.05, 3.63) is 40.4 Å². The summed E-state index contributed by atoms with van der Waals surface area (Å²) < 4.78 is 0. The molecular weight excluding hydrogens is 416 g/mol. The number of hydrogen-bond acceptors (Lipinski definition) is 6. The molecule has 0 aliphatic carbocycles. The third kappa shape index (κ3) is 3.86. The molecule has 10 heteroatoms. The fourth-order valence-electron chi connectivity index (χ4n) is 5.51. The summed E-state index contributed by atoms with van der Waals surface area (Å²) in [7, 11) is 0. The second-order valence-corrected chi connectivity index (χ2v) is 8.51. The zero-order valence-electron chi connectivity index (χ0n) is 17.5. The van der Waals surface area contributed by atoms with Crippen LogP contribution in [0.3, 0.4) is 0 Å². The maximum absolute atomic E-state index is 13.2. The van der Waals surface area contributed by atoms with Gasteiger partial charge in [-0.05, 0) is 43.2 Å². The van der Waals surface area contributed by atoms with Crippen molar-refractivity contribution < 1.29 is 24.6 Å². The quantitative estimate of drug-likeness (QED) is 0.573. The van der Waals surface area contributed by atoms with E-state index in [-0.39, 0.29) is 60.2 Å². The first-order valence-electron chi connectivity index (χ1n) is 10.8. The second kappa shape index (κ2) is 9.07. The molecule has 3 aliphatic rings. The molecule has 1 aromatic carbocycles. The van der Waals surface area contributed by atoms with E-state index in [0.29, 0.717) is 30.4 Å². The van der Waals surface area contributed by atoms with Gasteiger partial charge in [0.15, 0.2) is 5.82 Å². The average Bonchev–Trinajstić information content (AvgIpc) is 2.80. The molecule has 0 saturated carbocycles. The van der Waals surface area contributed by atoms with Crippen molar-refractivity contribution in [1.29, 1.82) is 0 Å². The van der Waals surface area contributed by atoms with E-state index in [1.165, 1.54) is 0 Å². The number of aromatic amines is 1. The van der Waals surface area contributed by atoms with Gasteiger partial charge in [0.05, 0.1) is 23.6 Å². The van der Waals surface area contributed by atoms with Crippen LogP contribution >= 0.6 is 0 Å². The van der Waals surface area contributed by atoms with Crippen molar-refractivity contribution in [2.45, 2.75) is 37.8 Å². The summed E-state index contributed by atoms with van der Waals surface area (Å²) in [4.78, 5) is 57.1. The Kier molecular flexibility index (Phi) is 6.22. The highest BCUT2D eigenvalue weighted by atomic mass is 16.3. The summed E-state index contributed by atoms with van der Waals surface area (Å²) in [6.07, 6.45) is 3.21. The van der Waals surface area contributed by atoms with Gasteiger partial charge in [-0.15, -0.1) is 0 Å². The van der Waals surface area contributed by atoms with Crippen LogP contribution in [-0.2, 0) is 9.59 Å². The number of hydrogen-bond donors (Lipinski definition) is 3. The summed E-state index contributed by atoms with van der Waals surface area (Å²) in [5, 5.41) is 17.3. The average molecular weight is 442 g/mol. The van der Waals surface area contributed by atoms with Gasteiger partial charge in [-0.25, -0.2) is 4.98 Å². The van der Waals surface area contributed by atoms with Gasteiger partial charge in [0.25, 0.3) is 17.9 Å². The Labute approximate surface area is 183 Å². The molecule has 2 amide bonds. The third-order valence-electron chi connectivity index (χ3n) is 6.79. The van der Waals surface area contributed by atoms with E-state index in [1.54, 1.807) is 29.2 Å². The van der Waals surface area contributed by atoms with Crippen LogP contribution < -0.4 is 5.56 Å². The van der Waals surface area contributed by atoms with Gasteiger partial charge in [0, 0.05) is 25.6 Å². The lowest BCUT2D eigenvalue weighted by Crippen LogP contribution is -2.66. The number of H-pyrrole nitrogens is 1. The van der Waals surface area contributed by atoms with Gasteiger partial charge in [0.1, 0.15) is 0 Å². The minimum absolute atomic E-state index is 0.0354. The molecule has 0 spiro atoms. The van der Waals surface area contributed by atoms with Crippen LogP contribution in [0.5, 0.6) is 0 Å². The number of piperidine rings is 3. The number of nitrogens with one attached hydrogen (secondary N) is 1. The molecule has 2 bridgehead atoms. The van der Waals surface area contributed by atoms with Crippen molar-refractivity contribution >= 4 is 29.2 Å². The van der Waals surface area contributed by atoms with Crippen LogP contribution in [0.25, 0.3) is 10.9 Å². The minimum atomic E-state index is -0.326. The van der Waals surface area contributed by atoms with Crippen LogP contribution in [-0.4, -0.2) is 80.0 Å². The molecule has 3 N–H and O–H groups in total. The largest absolute Gasteiger partial charge is 0.483 e. The smallest absolute Gasteiger partial charge is 0.290 e. The Hall–Kier alpha value is -3.27. The normalized spacial score (nSPS) is 26.7. The van der Waals surface area contributed by atoms with Crippen LogP contribution in [0.15, 0.2) is 29.1 Å². The number of fused-ring (bicyclic) bond motifs is 5. The molecule has 0 unspecified atom stereocenters. The number of rotatable bonds is 2. The SMILES string of the molecule is O=C(c1nc2ccccc2c(=O)[nH]1)N1C[C@H]2C[C@@H](C1)[C@H](CO)N1C(=O)CCC[C@@H]21.O=CO. The molecule has 4 atom stereocenters. The first-order valence-corrected chi connectivity index (χ1v) is 10.8. The summed E-state index contributed by atoms with van der Waals surface area (Å²) in [5.74, 6) is 0.0982. The van der Waals surface area contributed by atoms with E-state index in [0.717, 1.165) is 19.3 Å². The summed E-state index contributed by atoms with van der Waals surface area (Å²) in [6, 6.07) is 6.78. The summed E-state index contributed by atoms with van der Waals surface area (Å²) in [6.45, 7) is 0.652. The molecule has 10 nitrogen and oxygen atoms in total. The molecule has 2 aromatic rings. The standard InChI is InChI=1S/C21H24N4O4.CH2O2/c26-11-17-13-8-12(16-6-3-7-18(27)25(16)17)9-24(10-13)21(29)19-22-15-5-2-1-4-14(15)20(28)23-19;2-1-3/h1-2,4-5,12-13,16-17,26H,3,6-11H2,(H,22,23,28);1H,(H,2,3)/t12-,13+,16+,17+;/m1./s1. The lowest BCUT2D eigenvalue weighted by molar-refractivity contribution is -0.154. The second-order valence-electron chi connectivity index (χ2n) is 8.51. The van der Waals surface area contributed by atoms with E-state index in [2.05, 4.69) is 9.97 Å². The number of likely N-dealkylation sites (tertiary alicyclic amines) is 1. The number of para-hydroxylation sites is 1. The minimum Gasteiger partial charge on any atom is -0.483 e. The van der Waals surface area contributed by atoms with Crippen molar-refractivity contribution in [1.82, 2.24) is 19.8 Å². The fraction of sp³-hybridized carbons (Fsp3) is 0.500. The lowest BCUT2D eigenvalue weighted by Gasteiger charge is -2.56. The van der Waals surface area contributed by atoms with Gasteiger partial charge in [0.2, 0.25) is 5.91 Å². The highest BCUT2D eigenvalue weighted by Crippen LogP contribution is 2.41. The van der Waals surface area contributed by atoms with E-state index in [4.69, 9.17) is 9.90 Å². The molecule has 3 aliphatic heterocycles. The van der Waals surface area contributed by atoms with Gasteiger partial charge in [-0.1, -0.05) is 12.1 Å². The highest BCUT2D eigenvalue weighted by molar-refractivity contribution is 5.92. The molecule has 3 saturated heterocycles. The van der Waals surface area contributed by atoms with Crippen molar-refractivity contribution in [2.75, 3.05) is 19.7 Å². The Morgan fingerprint density at radius 1 is 1.22 bits per heavy atom. The number of aliphatic hydroxyl groups is 1. The van der Waals surface area contributed by atoms with Crippen molar-refractivity contribution in [3.63, 3.8) is 0 Å². The first kappa shape index (κ1) is 21.9. The molecule has 5 rings (SSSR count). The topological polar surface area (TPSA) is 144 Å². The summed E-state index contributed by atoms with van der Waals surface area (Å²) >= 11 is 0. The number of nitrogens with zero attached hydrogens (tertiary/aromatic N) is 3. The van der Waals surface area contributed by atoms with E-state index in [9.17, 15) is 19.5 Å². The number of amides is 2. The highest BCUT2D eigenvalue weighted by Gasteiger charge is 2.50. The van der Waals surface area contributed by atoms with Crippen LogP contribution in [0.2, 0.25) is 0 Å². The predicted molar refractivity (Wildman–Crippen MR) is 114 cm³/mol. The van der Waals surface area contributed by atoms with Crippen molar-refractivity contribution in [3.8, 4) is 0 Å². The van der Waals surface area contributed by atoms with E-state index < -0.39 is 0 Å². The number of aromatic nitrogens is 2. The van der Waals surface area contributed by atoms with Gasteiger partial charge in [-0.2, -0.15) is 0 Å². The molecular formula is C22H26N4O6. The van der Waals surface area contributed by atoms with Gasteiger partial charge >= 0.3 is 0 Å². The van der Waals surface area contributed by atoms with Gasteiger partial charge in [-0.3, -0.25) is 19.2 Å². The summed E-state index contributed by atoms with van der Waals surface area (Å²) in [5.41, 5.74) is 0.169. The maximum Gasteiger partial charge on any atom is 0.290 e. The number of carbonyl (C=O) groups is 3. The zero-order chi connectivity index (χ0) is 22.8. The lowest BCUT2D eigenvalue weighted by atomic mass is 9.72. The number of aliphatic hydroxyl groups excluding tert-OH is 1. The fourth-order valence-corrected chi connectivity index (χ4v) is 5.51. The van der Waals surface area contributed by atoms with Crippen LogP contribution in [0.4, 0.5) is 0 Å². The Balaban J connectivity index is 0.000000775. The zero-order valence-corrected chi connectivity index (χ0v) is 17.5. The molecule has 0 radical (unpaired) electrons. The van der Waals surface area contributed by atoms with Crippen molar-refractivity contribution in [2.24, 2.45) is 11.8 Å².